The molecule has 0 saturated heterocycles. The molecule has 0 atom stereocenters. The largest absolute Gasteiger partial charge is 0.316 e. The average molecular weight is 207 g/mol. The van der Waals surface area contributed by atoms with Gasteiger partial charge in [0.25, 0.3) is 9.84 Å². The van der Waals surface area contributed by atoms with Gasteiger partial charge in [0.15, 0.2) is 0 Å². The molecule has 0 spiro atoms. The van der Waals surface area contributed by atoms with E-state index in [1.54, 1.807) is 18.2 Å². The van der Waals surface area contributed by atoms with Crippen molar-refractivity contribution in [1.82, 2.24) is 0 Å². The quantitative estimate of drug-likeness (QED) is 0.711. The Morgan fingerprint density at radius 2 is 1.93 bits per heavy atom. The lowest BCUT2D eigenvalue weighted by Crippen LogP contribution is -2.03. The smallest absolute Gasteiger partial charge is 0.299 e. The van der Waals surface area contributed by atoms with Crippen LogP contribution in [0.5, 0.6) is 0 Å². The van der Waals surface area contributed by atoms with Gasteiger partial charge in [0.2, 0.25) is 0 Å². The summed E-state index contributed by atoms with van der Waals surface area (Å²) < 4.78 is 22.8. The second kappa shape index (κ2) is 4.07. The molecule has 0 aliphatic rings. The Bertz CT molecular complexity index is 466. The second-order valence-electron chi connectivity index (χ2n) is 2.68. The molecule has 0 saturated carbocycles. The van der Waals surface area contributed by atoms with Crippen LogP contribution in [0.2, 0.25) is 0 Å². The molecule has 0 fully saturated rings. The molecular formula is C10H9NO2S. The van der Waals surface area contributed by atoms with Gasteiger partial charge in [-0.1, -0.05) is 24.8 Å². The van der Waals surface area contributed by atoms with Crippen molar-refractivity contribution in [3.05, 3.63) is 47.8 Å². The fourth-order valence-corrected chi connectivity index (χ4v) is 1.84. The van der Waals surface area contributed by atoms with Gasteiger partial charge in [-0.3, -0.25) is 4.85 Å². The summed E-state index contributed by atoms with van der Waals surface area (Å²) in [6.07, 6.45) is 1.63. The molecule has 0 bridgehead atoms. The minimum absolute atomic E-state index is 0.180. The number of benzene rings is 1. The van der Waals surface area contributed by atoms with Crippen LogP contribution >= 0.6 is 0 Å². The van der Waals surface area contributed by atoms with E-state index in [0.29, 0.717) is 0 Å². The van der Waals surface area contributed by atoms with Crippen LogP contribution in [0.25, 0.3) is 10.9 Å². The predicted molar refractivity (Wildman–Crippen MR) is 55.2 cm³/mol. The van der Waals surface area contributed by atoms with Crippen LogP contribution in [0, 0.1) is 6.57 Å². The first-order chi connectivity index (χ1) is 6.60. The molecule has 1 aromatic carbocycles. The molecule has 0 unspecified atom stereocenters. The summed E-state index contributed by atoms with van der Waals surface area (Å²) in [5.41, 5.74) is 0.853. The third-order valence-electron chi connectivity index (χ3n) is 1.71. The van der Waals surface area contributed by atoms with E-state index in [9.17, 15) is 8.42 Å². The summed E-state index contributed by atoms with van der Waals surface area (Å²) >= 11 is 0. The van der Waals surface area contributed by atoms with Gasteiger partial charge >= 0.3 is 5.88 Å². The van der Waals surface area contributed by atoms with E-state index in [1.807, 2.05) is 0 Å². The zero-order chi connectivity index (χ0) is 10.6. The maximum absolute atomic E-state index is 11.4. The van der Waals surface area contributed by atoms with Gasteiger partial charge in [-0.15, -0.1) is 0 Å². The highest BCUT2D eigenvalue weighted by Gasteiger charge is 2.16. The van der Waals surface area contributed by atoms with Gasteiger partial charge in [-0.25, -0.2) is 15.0 Å². The predicted octanol–water partition coefficient (Wildman–Crippen LogP) is 1.98. The van der Waals surface area contributed by atoms with E-state index in [-0.39, 0.29) is 4.90 Å². The molecule has 0 aliphatic heterocycles. The molecule has 14 heavy (non-hydrogen) atoms. The van der Waals surface area contributed by atoms with E-state index < -0.39 is 15.7 Å². The molecule has 0 radical (unpaired) electrons. The zero-order valence-electron chi connectivity index (χ0n) is 7.47. The van der Waals surface area contributed by atoms with Gasteiger partial charge in [0.1, 0.15) is 0 Å². The highest BCUT2D eigenvalue weighted by molar-refractivity contribution is 7.91. The van der Waals surface area contributed by atoms with E-state index in [0.717, 1.165) is 5.56 Å². The maximum Gasteiger partial charge on any atom is 0.316 e. The van der Waals surface area contributed by atoms with Crippen LogP contribution in [-0.2, 0) is 9.84 Å². The van der Waals surface area contributed by atoms with Crippen molar-refractivity contribution in [2.24, 2.45) is 0 Å². The van der Waals surface area contributed by atoms with Crippen molar-refractivity contribution in [3.63, 3.8) is 0 Å². The van der Waals surface area contributed by atoms with Gasteiger partial charge in [0.05, 0.1) is 4.90 Å². The Morgan fingerprint density at radius 3 is 2.36 bits per heavy atom. The summed E-state index contributed by atoms with van der Waals surface area (Å²) in [5.74, 6) is -0.500. The highest BCUT2D eigenvalue weighted by Crippen LogP contribution is 2.13. The zero-order valence-corrected chi connectivity index (χ0v) is 8.29. The topological polar surface area (TPSA) is 38.5 Å². The average Bonchev–Trinajstić information content (AvgIpc) is 2.18. The fraction of sp³-hybridized carbons (Fsp3) is 0.100. The minimum atomic E-state index is -3.42. The molecule has 0 aromatic heterocycles. The maximum atomic E-state index is 11.4. The lowest BCUT2D eigenvalue weighted by molar-refractivity contribution is 0.599. The molecule has 0 heterocycles. The van der Waals surface area contributed by atoms with Crippen LogP contribution in [-0.4, -0.2) is 14.3 Å². The Balaban J connectivity index is 3.10. The van der Waals surface area contributed by atoms with Crippen LogP contribution in [0.15, 0.2) is 35.7 Å². The molecule has 0 N–H and O–H groups in total. The molecule has 1 aromatic rings. The van der Waals surface area contributed by atoms with Crippen LogP contribution < -0.4 is 0 Å². The molecule has 3 nitrogen and oxygen atoms in total. The van der Waals surface area contributed by atoms with Crippen molar-refractivity contribution >= 4 is 15.9 Å². The molecule has 4 heteroatoms. The summed E-state index contributed by atoms with van der Waals surface area (Å²) in [4.78, 5) is 3.05. The molecular weight excluding hydrogens is 198 g/mol. The third kappa shape index (κ3) is 2.21. The van der Waals surface area contributed by atoms with E-state index in [2.05, 4.69) is 11.4 Å². The number of rotatable bonds is 3. The first kappa shape index (κ1) is 10.5. The van der Waals surface area contributed by atoms with E-state index >= 15 is 0 Å². The lowest BCUT2D eigenvalue weighted by Gasteiger charge is -1.98. The lowest BCUT2D eigenvalue weighted by atomic mass is 10.2. The van der Waals surface area contributed by atoms with Gasteiger partial charge < -0.3 is 0 Å². The van der Waals surface area contributed by atoms with Gasteiger partial charge in [-0.2, -0.15) is 0 Å². The number of hydrogen-bond donors (Lipinski definition) is 0. The normalized spacial score (nSPS) is 10.5. The van der Waals surface area contributed by atoms with Crippen molar-refractivity contribution in [1.29, 1.82) is 0 Å². The Kier molecular flexibility index (Phi) is 3.05. The van der Waals surface area contributed by atoms with E-state index in [4.69, 9.17) is 6.57 Å². The summed E-state index contributed by atoms with van der Waals surface area (Å²) in [6.45, 7) is 10.1. The van der Waals surface area contributed by atoms with Crippen molar-refractivity contribution in [2.75, 3.05) is 5.88 Å². The summed E-state index contributed by atoms with van der Waals surface area (Å²) in [7, 11) is -3.42. The van der Waals surface area contributed by atoms with Crippen molar-refractivity contribution < 1.29 is 8.42 Å². The van der Waals surface area contributed by atoms with Crippen LogP contribution in [0.3, 0.4) is 0 Å². The third-order valence-corrected chi connectivity index (χ3v) is 3.17. The number of hydrogen-bond acceptors (Lipinski definition) is 2. The van der Waals surface area contributed by atoms with Crippen LogP contribution in [0.1, 0.15) is 5.56 Å². The molecule has 0 aliphatic carbocycles. The van der Waals surface area contributed by atoms with Gasteiger partial charge in [0, 0.05) is 0 Å². The van der Waals surface area contributed by atoms with E-state index in [1.165, 1.54) is 12.1 Å². The first-order valence-electron chi connectivity index (χ1n) is 3.88. The van der Waals surface area contributed by atoms with Crippen molar-refractivity contribution in [2.45, 2.75) is 4.90 Å². The monoisotopic (exact) mass is 207 g/mol. The molecule has 72 valence electrons. The summed E-state index contributed by atoms with van der Waals surface area (Å²) in [6, 6.07) is 6.28. The Hall–Kier alpha value is -1.60. The molecule has 1 rings (SSSR count). The Morgan fingerprint density at radius 1 is 1.36 bits per heavy atom. The molecule has 0 amide bonds. The highest BCUT2D eigenvalue weighted by atomic mass is 32.2. The van der Waals surface area contributed by atoms with Crippen molar-refractivity contribution in [3.8, 4) is 0 Å². The van der Waals surface area contributed by atoms with Crippen LogP contribution in [0.4, 0.5) is 0 Å². The minimum Gasteiger partial charge on any atom is -0.299 e. The Labute approximate surface area is 83.4 Å². The SMILES string of the molecule is [C-]#[N+]CS(=O)(=O)c1ccc(C=C)cc1. The fourth-order valence-electron chi connectivity index (χ4n) is 0.971. The number of nitrogens with zero attached hydrogens (tertiary/aromatic N) is 1. The summed E-state index contributed by atoms with van der Waals surface area (Å²) in [5, 5.41) is 0. The second-order valence-corrected chi connectivity index (χ2v) is 4.63. The number of sulfone groups is 1. The first-order valence-corrected chi connectivity index (χ1v) is 5.54. The van der Waals surface area contributed by atoms with Gasteiger partial charge in [-0.05, 0) is 17.7 Å². The standard InChI is InChI=1S/C10H9NO2S/c1-3-9-4-6-10(7-5-9)14(12,13)8-11-2/h3-7H,1,8H2.